The maximum atomic E-state index is 11.9. The quantitative estimate of drug-likeness (QED) is 0.800. The largest absolute Gasteiger partial charge is 0.352 e. The molecule has 1 aromatic carbocycles. The van der Waals surface area contributed by atoms with Crippen molar-refractivity contribution < 1.29 is 4.79 Å². The number of benzene rings is 1. The van der Waals surface area contributed by atoms with Gasteiger partial charge in [-0.3, -0.25) is 4.79 Å². The monoisotopic (exact) mass is 309 g/mol. The Labute approximate surface area is 127 Å². The van der Waals surface area contributed by atoms with Crippen molar-refractivity contribution in [3.63, 3.8) is 0 Å². The zero-order valence-corrected chi connectivity index (χ0v) is 12.8. The molecule has 0 saturated carbocycles. The van der Waals surface area contributed by atoms with Gasteiger partial charge in [0, 0.05) is 31.6 Å². The first-order valence-corrected chi connectivity index (χ1v) is 7.90. The van der Waals surface area contributed by atoms with Gasteiger partial charge in [0.05, 0.1) is 4.70 Å². The Bertz CT molecular complexity index is 620. The Balaban J connectivity index is 1.74. The number of alkyl halides is 1. The molecule has 3 rings (SSSR count). The second-order valence-corrected chi connectivity index (χ2v) is 6.39. The normalized spacial score (nSPS) is 17.5. The smallest absolute Gasteiger partial charge is 0.240 e. The van der Waals surface area contributed by atoms with Crippen molar-refractivity contribution in [3.8, 4) is 0 Å². The SMILES string of the molecule is CC(Cl)C(=O)N1CCN(c2nsc3ccccc23)CC1. The van der Waals surface area contributed by atoms with Crippen LogP contribution in [0, 0.1) is 0 Å². The molecule has 1 saturated heterocycles. The van der Waals surface area contributed by atoms with E-state index in [1.165, 1.54) is 21.6 Å². The minimum atomic E-state index is -0.443. The van der Waals surface area contributed by atoms with E-state index in [2.05, 4.69) is 21.4 Å². The Morgan fingerprint density at radius 3 is 2.70 bits per heavy atom. The molecule has 1 amide bonds. The van der Waals surface area contributed by atoms with Crippen LogP contribution in [0.1, 0.15) is 6.92 Å². The van der Waals surface area contributed by atoms with Crippen LogP contribution in [0.4, 0.5) is 5.82 Å². The summed E-state index contributed by atoms with van der Waals surface area (Å²) < 4.78 is 5.77. The lowest BCUT2D eigenvalue weighted by Crippen LogP contribution is -2.50. The Kier molecular flexibility index (Phi) is 3.81. The molecule has 0 aliphatic carbocycles. The molecule has 20 heavy (non-hydrogen) atoms. The fraction of sp³-hybridized carbons (Fsp3) is 0.429. The van der Waals surface area contributed by atoms with Crippen LogP contribution >= 0.6 is 23.1 Å². The van der Waals surface area contributed by atoms with Gasteiger partial charge in [0.1, 0.15) is 11.2 Å². The van der Waals surface area contributed by atoms with Crippen LogP contribution in [0.3, 0.4) is 0 Å². The van der Waals surface area contributed by atoms with Crippen molar-refractivity contribution >= 4 is 44.9 Å². The minimum Gasteiger partial charge on any atom is -0.352 e. The highest BCUT2D eigenvalue weighted by Crippen LogP contribution is 2.29. The van der Waals surface area contributed by atoms with Gasteiger partial charge >= 0.3 is 0 Å². The van der Waals surface area contributed by atoms with Crippen LogP contribution in [0.25, 0.3) is 10.1 Å². The average molecular weight is 310 g/mol. The highest BCUT2D eigenvalue weighted by atomic mass is 35.5. The van der Waals surface area contributed by atoms with Gasteiger partial charge in [-0.1, -0.05) is 12.1 Å². The third-order valence-electron chi connectivity index (χ3n) is 3.59. The number of nitrogens with zero attached hydrogens (tertiary/aromatic N) is 3. The first kappa shape index (κ1) is 13.6. The molecule has 6 heteroatoms. The molecule has 1 unspecified atom stereocenters. The summed E-state index contributed by atoms with van der Waals surface area (Å²) in [4.78, 5) is 16.0. The fourth-order valence-electron chi connectivity index (χ4n) is 2.49. The predicted octanol–water partition coefficient (Wildman–Crippen LogP) is 2.57. The van der Waals surface area contributed by atoms with Gasteiger partial charge < -0.3 is 9.80 Å². The first-order chi connectivity index (χ1) is 9.66. The number of amides is 1. The van der Waals surface area contributed by atoms with E-state index >= 15 is 0 Å². The Morgan fingerprint density at radius 1 is 1.30 bits per heavy atom. The third-order valence-corrected chi connectivity index (χ3v) is 4.59. The molecule has 1 aromatic heterocycles. The van der Waals surface area contributed by atoms with Crippen LogP contribution in [-0.4, -0.2) is 46.7 Å². The van der Waals surface area contributed by atoms with E-state index in [1.807, 2.05) is 17.0 Å². The second kappa shape index (κ2) is 5.58. The summed E-state index contributed by atoms with van der Waals surface area (Å²) in [5.41, 5.74) is 0. The van der Waals surface area contributed by atoms with Crippen molar-refractivity contribution in [2.45, 2.75) is 12.3 Å². The lowest BCUT2D eigenvalue weighted by Gasteiger charge is -2.35. The topological polar surface area (TPSA) is 36.4 Å². The second-order valence-electron chi connectivity index (χ2n) is 4.93. The van der Waals surface area contributed by atoms with Crippen molar-refractivity contribution in [2.24, 2.45) is 0 Å². The van der Waals surface area contributed by atoms with Gasteiger partial charge in [0.15, 0.2) is 0 Å². The van der Waals surface area contributed by atoms with E-state index in [9.17, 15) is 4.79 Å². The number of rotatable bonds is 2. The molecule has 0 spiro atoms. The standard InChI is InChI=1S/C14H16ClN3OS/c1-10(15)14(19)18-8-6-17(7-9-18)13-11-4-2-3-5-12(11)20-16-13/h2-5,10H,6-9H2,1H3. The van der Waals surface area contributed by atoms with Crippen LogP contribution in [0.5, 0.6) is 0 Å². The number of carbonyl (C=O) groups excluding carboxylic acids is 1. The molecule has 2 aromatic rings. The van der Waals surface area contributed by atoms with E-state index in [1.54, 1.807) is 6.92 Å². The van der Waals surface area contributed by atoms with E-state index in [-0.39, 0.29) is 5.91 Å². The minimum absolute atomic E-state index is 0.0226. The van der Waals surface area contributed by atoms with E-state index in [4.69, 9.17) is 11.6 Å². The molecule has 2 heterocycles. The van der Waals surface area contributed by atoms with Crippen molar-refractivity contribution in [1.82, 2.24) is 9.27 Å². The van der Waals surface area contributed by atoms with Gasteiger partial charge in [-0.15, -0.1) is 11.6 Å². The maximum Gasteiger partial charge on any atom is 0.240 e. The molecule has 1 aliphatic rings. The third kappa shape index (κ3) is 2.47. The van der Waals surface area contributed by atoms with E-state index in [0.717, 1.165) is 18.9 Å². The number of aromatic nitrogens is 1. The van der Waals surface area contributed by atoms with Gasteiger partial charge in [-0.25, -0.2) is 0 Å². The summed E-state index contributed by atoms with van der Waals surface area (Å²) >= 11 is 7.39. The van der Waals surface area contributed by atoms with Crippen LogP contribution < -0.4 is 4.90 Å². The molecule has 0 N–H and O–H groups in total. The summed E-state index contributed by atoms with van der Waals surface area (Å²) in [5.74, 6) is 1.06. The number of anilines is 1. The van der Waals surface area contributed by atoms with Gasteiger partial charge in [0.25, 0.3) is 0 Å². The molecule has 0 radical (unpaired) electrons. The fourth-order valence-corrected chi connectivity index (χ4v) is 3.42. The summed E-state index contributed by atoms with van der Waals surface area (Å²) in [6, 6.07) is 8.26. The number of fused-ring (bicyclic) bond motifs is 1. The predicted molar refractivity (Wildman–Crippen MR) is 83.7 cm³/mol. The van der Waals surface area contributed by atoms with Gasteiger partial charge in [-0.05, 0) is 30.6 Å². The number of hydrogen-bond donors (Lipinski definition) is 0. The van der Waals surface area contributed by atoms with E-state index in [0.29, 0.717) is 13.1 Å². The molecule has 1 atom stereocenters. The number of carbonyl (C=O) groups is 1. The molecule has 4 nitrogen and oxygen atoms in total. The van der Waals surface area contributed by atoms with Crippen molar-refractivity contribution in [1.29, 1.82) is 0 Å². The Hall–Kier alpha value is -1.33. The zero-order valence-electron chi connectivity index (χ0n) is 11.3. The average Bonchev–Trinajstić information content (AvgIpc) is 2.90. The number of hydrogen-bond acceptors (Lipinski definition) is 4. The maximum absolute atomic E-state index is 11.9. The van der Waals surface area contributed by atoms with Crippen molar-refractivity contribution in [3.05, 3.63) is 24.3 Å². The van der Waals surface area contributed by atoms with E-state index < -0.39 is 5.38 Å². The number of halogens is 1. The molecule has 106 valence electrons. The van der Waals surface area contributed by atoms with Gasteiger partial charge in [-0.2, -0.15) is 4.37 Å². The highest BCUT2D eigenvalue weighted by molar-refractivity contribution is 7.13. The summed E-state index contributed by atoms with van der Waals surface area (Å²) in [7, 11) is 0. The van der Waals surface area contributed by atoms with Crippen molar-refractivity contribution in [2.75, 3.05) is 31.1 Å². The molecular formula is C14H16ClN3OS. The summed E-state index contributed by atoms with van der Waals surface area (Å²) in [6.07, 6.45) is 0. The Morgan fingerprint density at radius 2 is 2.00 bits per heavy atom. The van der Waals surface area contributed by atoms with Crippen LogP contribution in [0.2, 0.25) is 0 Å². The molecule has 0 bridgehead atoms. The first-order valence-electron chi connectivity index (χ1n) is 6.69. The van der Waals surface area contributed by atoms with Gasteiger partial charge in [0.2, 0.25) is 5.91 Å². The van der Waals surface area contributed by atoms with Crippen LogP contribution in [-0.2, 0) is 4.79 Å². The highest BCUT2D eigenvalue weighted by Gasteiger charge is 2.25. The molecule has 1 fully saturated rings. The molecule has 1 aliphatic heterocycles. The zero-order chi connectivity index (χ0) is 14.1. The lowest BCUT2D eigenvalue weighted by molar-refractivity contribution is -0.130. The summed E-state index contributed by atoms with van der Waals surface area (Å²) in [5, 5.41) is 0.754. The number of piperazine rings is 1. The molecular weight excluding hydrogens is 294 g/mol. The summed E-state index contributed by atoms with van der Waals surface area (Å²) in [6.45, 7) is 4.76. The van der Waals surface area contributed by atoms with Crippen LogP contribution in [0.15, 0.2) is 24.3 Å². The lowest BCUT2D eigenvalue weighted by atomic mass is 10.2.